The number of anilines is 1. The summed E-state index contributed by atoms with van der Waals surface area (Å²) in [7, 11) is 0. The number of nitrogens with zero attached hydrogens (tertiary/aromatic N) is 2. The van der Waals surface area contributed by atoms with Gasteiger partial charge in [0.1, 0.15) is 6.04 Å². The Kier molecular flexibility index (Phi) is 6.10. The Morgan fingerprint density at radius 2 is 1.53 bits per heavy atom. The maximum absolute atomic E-state index is 13.5. The molecule has 0 aromatic heterocycles. The molecule has 0 aliphatic carbocycles. The van der Waals surface area contributed by atoms with Gasteiger partial charge in [0.05, 0.1) is 12.1 Å². The number of aryl methyl sites for hydroxylation is 2. The van der Waals surface area contributed by atoms with E-state index in [0.29, 0.717) is 21.8 Å². The van der Waals surface area contributed by atoms with Crippen LogP contribution in [0.2, 0.25) is 5.02 Å². The Bertz CT molecular complexity index is 1170. The van der Waals surface area contributed by atoms with Crippen LogP contribution < -0.4 is 4.90 Å². The molecule has 0 saturated carbocycles. The average molecular weight is 447 g/mol. The lowest BCUT2D eigenvalue weighted by molar-refractivity contribution is -0.122. The highest BCUT2D eigenvalue weighted by molar-refractivity contribution is 6.31. The van der Waals surface area contributed by atoms with Gasteiger partial charge in [-0.15, -0.1) is 0 Å². The van der Waals surface area contributed by atoms with Crippen LogP contribution in [-0.4, -0.2) is 28.7 Å². The highest BCUT2D eigenvalue weighted by Gasteiger charge is 2.44. The number of carbonyl (C=O) groups is 3. The summed E-state index contributed by atoms with van der Waals surface area (Å²) in [6.45, 7) is 4.00. The molecule has 1 atom stereocenters. The lowest BCUT2D eigenvalue weighted by Crippen LogP contribution is -2.45. The molecular formula is C26H23ClN2O3. The molecule has 0 N–H and O–H groups in total. The first kappa shape index (κ1) is 21.8. The van der Waals surface area contributed by atoms with Crippen molar-refractivity contribution in [1.82, 2.24) is 4.90 Å². The molecule has 1 unspecified atom stereocenters. The van der Waals surface area contributed by atoms with Gasteiger partial charge in [0.2, 0.25) is 5.91 Å². The van der Waals surface area contributed by atoms with E-state index in [4.69, 9.17) is 11.6 Å². The van der Waals surface area contributed by atoms with E-state index in [2.05, 4.69) is 0 Å². The predicted molar refractivity (Wildman–Crippen MR) is 125 cm³/mol. The monoisotopic (exact) mass is 446 g/mol. The lowest BCUT2D eigenvalue weighted by Gasteiger charge is -2.28. The Labute approximate surface area is 192 Å². The molecule has 162 valence electrons. The van der Waals surface area contributed by atoms with Crippen LogP contribution in [0.3, 0.4) is 0 Å². The summed E-state index contributed by atoms with van der Waals surface area (Å²) in [5, 5.41) is 0.501. The third kappa shape index (κ3) is 4.30. The summed E-state index contributed by atoms with van der Waals surface area (Å²) in [4.78, 5) is 42.4. The summed E-state index contributed by atoms with van der Waals surface area (Å²) in [6.07, 6.45) is -0.0746. The van der Waals surface area contributed by atoms with Crippen LogP contribution in [0.5, 0.6) is 0 Å². The second-order valence-corrected chi connectivity index (χ2v) is 8.42. The zero-order valence-electron chi connectivity index (χ0n) is 17.9. The first-order valence-corrected chi connectivity index (χ1v) is 10.8. The zero-order chi connectivity index (χ0) is 22.8. The zero-order valence-corrected chi connectivity index (χ0v) is 18.7. The van der Waals surface area contributed by atoms with Gasteiger partial charge in [0, 0.05) is 17.1 Å². The summed E-state index contributed by atoms with van der Waals surface area (Å²) in [6, 6.07) is 20.6. The molecule has 3 aromatic rings. The molecule has 1 heterocycles. The minimum atomic E-state index is -0.908. The molecule has 1 fully saturated rings. The van der Waals surface area contributed by atoms with Crippen molar-refractivity contribution in [1.29, 1.82) is 0 Å². The van der Waals surface area contributed by atoms with Crippen LogP contribution in [0.25, 0.3) is 0 Å². The van der Waals surface area contributed by atoms with Crippen LogP contribution >= 0.6 is 11.6 Å². The van der Waals surface area contributed by atoms with Gasteiger partial charge in [-0.1, -0.05) is 65.2 Å². The number of halogens is 1. The number of carbonyl (C=O) groups excluding carboxylic acids is 3. The van der Waals surface area contributed by atoms with E-state index in [9.17, 15) is 14.4 Å². The topological polar surface area (TPSA) is 57.7 Å². The van der Waals surface area contributed by atoms with Gasteiger partial charge in [-0.3, -0.25) is 14.4 Å². The maximum Gasteiger partial charge on any atom is 0.257 e. The number of rotatable bonds is 5. The molecular weight excluding hydrogens is 424 g/mol. The van der Waals surface area contributed by atoms with Crippen molar-refractivity contribution in [2.45, 2.75) is 32.9 Å². The average Bonchev–Trinajstić information content (AvgIpc) is 3.07. The molecule has 1 aliphatic heterocycles. The van der Waals surface area contributed by atoms with Crippen molar-refractivity contribution >= 4 is 35.0 Å². The molecule has 3 aromatic carbocycles. The van der Waals surface area contributed by atoms with Crippen LogP contribution in [0.1, 0.15) is 33.5 Å². The third-order valence-electron chi connectivity index (χ3n) is 5.65. The van der Waals surface area contributed by atoms with Crippen molar-refractivity contribution in [2.24, 2.45) is 0 Å². The fraction of sp³-hybridized carbons (Fsp3) is 0.192. The van der Waals surface area contributed by atoms with Crippen LogP contribution in [0.4, 0.5) is 5.69 Å². The van der Waals surface area contributed by atoms with Crippen molar-refractivity contribution in [2.75, 3.05) is 4.90 Å². The Hall–Kier alpha value is -3.44. The molecule has 1 saturated heterocycles. The van der Waals surface area contributed by atoms with E-state index >= 15 is 0 Å². The molecule has 4 rings (SSSR count). The minimum Gasteiger partial charge on any atom is -0.322 e. The van der Waals surface area contributed by atoms with Crippen LogP contribution in [-0.2, 0) is 16.1 Å². The van der Waals surface area contributed by atoms with Crippen molar-refractivity contribution in [3.8, 4) is 0 Å². The normalized spacial score (nSPS) is 15.8. The van der Waals surface area contributed by atoms with E-state index in [1.807, 2.05) is 50.2 Å². The fourth-order valence-electron chi connectivity index (χ4n) is 3.82. The van der Waals surface area contributed by atoms with Gasteiger partial charge >= 0.3 is 0 Å². The highest BCUT2D eigenvalue weighted by atomic mass is 35.5. The summed E-state index contributed by atoms with van der Waals surface area (Å²) in [5.41, 5.74) is 3.73. The van der Waals surface area contributed by atoms with Crippen molar-refractivity contribution in [3.63, 3.8) is 0 Å². The van der Waals surface area contributed by atoms with E-state index in [0.717, 1.165) is 11.1 Å². The first-order valence-electron chi connectivity index (χ1n) is 10.4. The quantitative estimate of drug-likeness (QED) is 0.522. The molecule has 5 nitrogen and oxygen atoms in total. The molecule has 3 amide bonds. The second-order valence-electron chi connectivity index (χ2n) is 8.01. The fourth-order valence-corrected chi connectivity index (χ4v) is 4.02. The number of amides is 3. The van der Waals surface area contributed by atoms with Gasteiger partial charge in [0.25, 0.3) is 11.8 Å². The van der Waals surface area contributed by atoms with Gasteiger partial charge in [0.15, 0.2) is 0 Å². The Morgan fingerprint density at radius 3 is 2.16 bits per heavy atom. The molecule has 32 heavy (non-hydrogen) atoms. The van der Waals surface area contributed by atoms with Crippen molar-refractivity contribution < 1.29 is 14.4 Å². The molecule has 0 spiro atoms. The molecule has 6 heteroatoms. The SMILES string of the molecule is Cc1ccc(C(=O)N(Cc2ccccc2Cl)C2CC(=O)N(c3ccc(C)cc3)C2=O)cc1. The third-order valence-corrected chi connectivity index (χ3v) is 6.02. The van der Waals surface area contributed by atoms with Gasteiger partial charge < -0.3 is 4.90 Å². The number of hydrogen-bond donors (Lipinski definition) is 0. The standard InChI is InChI=1S/C26H23ClN2O3/c1-17-7-11-19(12-8-17)25(31)28(16-20-5-3-4-6-22(20)27)23-15-24(30)29(26(23)32)21-13-9-18(2)10-14-21/h3-14,23H,15-16H2,1-2H3. The first-order chi connectivity index (χ1) is 15.3. The number of imide groups is 1. The van der Waals surface area contributed by atoms with E-state index in [1.165, 1.54) is 9.80 Å². The summed E-state index contributed by atoms with van der Waals surface area (Å²) < 4.78 is 0. The van der Waals surface area contributed by atoms with Gasteiger partial charge in [-0.05, 0) is 49.7 Å². The van der Waals surface area contributed by atoms with Crippen molar-refractivity contribution in [3.05, 3.63) is 100 Å². The smallest absolute Gasteiger partial charge is 0.257 e. The molecule has 0 radical (unpaired) electrons. The van der Waals surface area contributed by atoms with Gasteiger partial charge in [-0.2, -0.15) is 0 Å². The molecule has 1 aliphatic rings. The predicted octanol–water partition coefficient (Wildman–Crippen LogP) is 4.93. The largest absolute Gasteiger partial charge is 0.322 e. The number of hydrogen-bond acceptors (Lipinski definition) is 3. The van der Waals surface area contributed by atoms with E-state index < -0.39 is 11.9 Å². The number of benzene rings is 3. The highest BCUT2D eigenvalue weighted by Crippen LogP contribution is 2.29. The Morgan fingerprint density at radius 1 is 0.938 bits per heavy atom. The summed E-state index contributed by atoms with van der Waals surface area (Å²) >= 11 is 6.35. The summed E-state index contributed by atoms with van der Waals surface area (Å²) in [5.74, 6) is -1.06. The van der Waals surface area contributed by atoms with E-state index in [1.54, 1.807) is 36.4 Å². The minimum absolute atomic E-state index is 0.0746. The Balaban J connectivity index is 1.70. The second kappa shape index (κ2) is 8.97. The molecule has 0 bridgehead atoms. The maximum atomic E-state index is 13.5. The van der Waals surface area contributed by atoms with Crippen LogP contribution in [0.15, 0.2) is 72.8 Å². The lowest BCUT2D eigenvalue weighted by atomic mass is 10.1. The van der Waals surface area contributed by atoms with Gasteiger partial charge in [-0.25, -0.2) is 4.90 Å². The van der Waals surface area contributed by atoms with E-state index in [-0.39, 0.29) is 24.8 Å². The van der Waals surface area contributed by atoms with Crippen LogP contribution in [0, 0.1) is 13.8 Å².